The van der Waals surface area contributed by atoms with Crippen molar-refractivity contribution in [3.63, 3.8) is 0 Å². The predicted octanol–water partition coefficient (Wildman–Crippen LogP) is 1.27. The van der Waals surface area contributed by atoms with Gasteiger partial charge in [0.2, 0.25) is 6.41 Å². The Morgan fingerprint density at radius 1 is 1.62 bits per heavy atom. The van der Waals surface area contributed by atoms with E-state index in [1.165, 1.54) is 19.3 Å². The Bertz CT molecular complexity index is 187. The first kappa shape index (κ1) is 10.2. The molecule has 3 nitrogen and oxygen atoms in total. The highest BCUT2D eigenvalue weighted by molar-refractivity contribution is 5.76. The molecule has 0 heterocycles. The molecule has 0 aliphatic heterocycles. The van der Waals surface area contributed by atoms with Crippen molar-refractivity contribution in [2.45, 2.75) is 45.1 Å². The Morgan fingerprint density at radius 3 is 2.69 bits per heavy atom. The smallest absolute Gasteiger partial charge is 0.207 e. The van der Waals surface area contributed by atoms with E-state index in [0.29, 0.717) is 12.8 Å². The molecule has 0 aromatic rings. The first-order chi connectivity index (χ1) is 6.22. The molecule has 1 amide bonds. The van der Waals surface area contributed by atoms with Crippen molar-refractivity contribution < 1.29 is 9.59 Å². The van der Waals surface area contributed by atoms with Gasteiger partial charge in [-0.3, -0.25) is 9.59 Å². The summed E-state index contributed by atoms with van der Waals surface area (Å²) < 4.78 is 0. The molecule has 0 aromatic heterocycles. The van der Waals surface area contributed by atoms with E-state index in [0.717, 1.165) is 12.3 Å². The topological polar surface area (TPSA) is 46.2 Å². The normalized spacial score (nSPS) is 18.8. The molecule has 1 atom stereocenters. The molecule has 13 heavy (non-hydrogen) atoms. The second-order valence-corrected chi connectivity index (χ2v) is 3.92. The largest absolute Gasteiger partial charge is 0.355 e. The van der Waals surface area contributed by atoms with Crippen LogP contribution in [0.1, 0.15) is 39.0 Å². The molecule has 1 rings (SSSR count). The number of ketones is 1. The Morgan fingerprint density at radius 2 is 2.31 bits per heavy atom. The fourth-order valence-corrected chi connectivity index (χ4v) is 1.78. The molecular formula is C10H17NO2. The minimum Gasteiger partial charge on any atom is -0.355 e. The minimum atomic E-state index is 0.0697. The van der Waals surface area contributed by atoms with Crippen molar-refractivity contribution in [2.75, 3.05) is 0 Å². The van der Waals surface area contributed by atoms with E-state index < -0.39 is 0 Å². The summed E-state index contributed by atoms with van der Waals surface area (Å²) in [5.74, 6) is 0.885. The lowest BCUT2D eigenvalue weighted by molar-refractivity contribution is -0.117. The fraction of sp³-hybridized carbons (Fsp3) is 0.800. The Kier molecular flexibility index (Phi) is 3.93. The summed E-state index contributed by atoms with van der Waals surface area (Å²) in [4.78, 5) is 21.1. The Hall–Kier alpha value is -0.860. The van der Waals surface area contributed by atoms with Crippen LogP contribution in [0.15, 0.2) is 0 Å². The van der Waals surface area contributed by atoms with E-state index in [1.54, 1.807) is 6.92 Å². The molecule has 1 saturated carbocycles. The van der Waals surface area contributed by atoms with E-state index in [1.807, 2.05) is 0 Å². The number of carbonyl (C=O) groups excluding carboxylic acids is 2. The summed E-state index contributed by atoms with van der Waals surface area (Å²) in [6.45, 7) is 1.57. The zero-order chi connectivity index (χ0) is 9.68. The van der Waals surface area contributed by atoms with Crippen LogP contribution in [0.4, 0.5) is 0 Å². The monoisotopic (exact) mass is 183 g/mol. The van der Waals surface area contributed by atoms with E-state index in [4.69, 9.17) is 0 Å². The second-order valence-electron chi connectivity index (χ2n) is 3.92. The van der Waals surface area contributed by atoms with E-state index in [2.05, 4.69) is 5.32 Å². The molecule has 3 heteroatoms. The molecule has 74 valence electrons. The van der Waals surface area contributed by atoms with Crippen LogP contribution in [-0.2, 0) is 9.59 Å². The summed E-state index contributed by atoms with van der Waals surface area (Å²) >= 11 is 0. The molecule has 1 aliphatic rings. The molecule has 1 unspecified atom stereocenters. The van der Waals surface area contributed by atoms with Crippen molar-refractivity contribution >= 4 is 12.2 Å². The van der Waals surface area contributed by atoms with E-state index in [9.17, 15) is 9.59 Å². The Labute approximate surface area is 78.9 Å². The third kappa shape index (κ3) is 3.57. The SMILES string of the molecule is CC(=O)CC(CC1CCC1)NC=O. The molecule has 0 saturated heterocycles. The maximum absolute atomic E-state index is 10.9. The van der Waals surface area contributed by atoms with Gasteiger partial charge in [-0.1, -0.05) is 19.3 Å². The molecule has 0 spiro atoms. The van der Waals surface area contributed by atoms with Crippen LogP contribution in [0, 0.1) is 5.92 Å². The van der Waals surface area contributed by atoms with Gasteiger partial charge < -0.3 is 5.32 Å². The lowest BCUT2D eigenvalue weighted by Crippen LogP contribution is -2.33. The highest BCUT2D eigenvalue weighted by atomic mass is 16.1. The van der Waals surface area contributed by atoms with Crippen LogP contribution >= 0.6 is 0 Å². The van der Waals surface area contributed by atoms with Gasteiger partial charge in [0, 0.05) is 12.5 Å². The van der Waals surface area contributed by atoms with Crippen LogP contribution in [0.2, 0.25) is 0 Å². The highest BCUT2D eigenvalue weighted by Gasteiger charge is 2.22. The summed E-state index contributed by atoms with van der Waals surface area (Å²) in [7, 11) is 0. The minimum absolute atomic E-state index is 0.0697. The molecule has 0 radical (unpaired) electrons. The summed E-state index contributed by atoms with van der Waals surface area (Å²) in [5, 5.41) is 2.71. The number of Topliss-reactive ketones (excluding diaryl/α,β-unsaturated/α-hetero) is 1. The molecule has 1 aliphatic carbocycles. The summed E-state index contributed by atoms with van der Waals surface area (Å²) in [6, 6.07) is 0.0697. The lowest BCUT2D eigenvalue weighted by atomic mass is 9.80. The van der Waals surface area contributed by atoms with Crippen molar-refractivity contribution in [1.29, 1.82) is 0 Å². The van der Waals surface area contributed by atoms with Crippen LogP contribution in [-0.4, -0.2) is 18.2 Å². The average Bonchev–Trinajstić information content (AvgIpc) is 1.96. The molecule has 0 aromatic carbocycles. The van der Waals surface area contributed by atoms with Crippen LogP contribution < -0.4 is 5.32 Å². The van der Waals surface area contributed by atoms with Gasteiger partial charge >= 0.3 is 0 Å². The van der Waals surface area contributed by atoms with Gasteiger partial charge in [-0.15, -0.1) is 0 Å². The maximum atomic E-state index is 10.9. The second kappa shape index (κ2) is 5.00. The number of carbonyl (C=O) groups is 2. The maximum Gasteiger partial charge on any atom is 0.207 e. The van der Waals surface area contributed by atoms with Gasteiger partial charge in [0.25, 0.3) is 0 Å². The fourth-order valence-electron chi connectivity index (χ4n) is 1.78. The lowest BCUT2D eigenvalue weighted by Gasteiger charge is -2.29. The number of hydrogen-bond donors (Lipinski definition) is 1. The quantitative estimate of drug-likeness (QED) is 0.630. The van der Waals surface area contributed by atoms with Crippen LogP contribution in [0.5, 0.6) is 0 Å². The molecular weight excluding hydrogens is 166 g/mol. The summed E-state index contributed by atoms with van der Waals surface area (Å²) in [6.07, 6.45) is 5.97. The number of amides is 1. The van der Waals surface area contributed by atoms with E-state index >= 15 is 0 Å². The van der Waals surface area contributed by atoms with Crippen molar-refractivity contribution in [3.8, 4) is 0 Å². The van der Waals surface area contributed by atoms with Crippen molar-refractivity contribution in [3.05, 3.63) is 0 Å². The van der Waals surface area contributed by atoms with Gasteiger partial charge in [-0.25, -0.2) is 0 Å². The number of nitrogens with one attached hydrogen (secondary N) is 1. The van der Waals surface area contributed by atoms with Gasteiger partial charge in [-0.2, -0.15) is 0 Å². The zero-order valence-corrected chi connectivity index (χ0v) is 8.08. The van der Waals surface area contributed by atoms with Crippen molar-refractivity contribution in [1.82, 2.24) is 5.32 Å². The van der Waals surface area contributed by atoms with Gasteiger partial charge in [-0.05, 0) is 19.3 Å². The van der Waals surface area contributed by atoms with Gasteiger partial charge in [0.1, 0.15) is 5.78 Å². The zero-order valence-electron chi connectivity index (χ0n) is 8.08. The van der Waals surface area contributed by atoms with Crippen molar-refractivity contribution in [2.24, 2.45) is 5.92 Å². The Balaban J connectivity index is 2.26. The van der Waals surface area contributed by atoms with E-state index in [-0.39, 0.29) is 11.8 Å². The first-order valence-corrected chi connectivity index (χ1v) is 4.91. The molecule has 0 bridgehead atoms. The highest BCUT2D eigenvalue weighted by Crippen LogP contribution is 2.30. The van der Waals surface area contributed by atoms with Crippen LogP contribution in [0.25, 0.3) is 0 Å². The third-order valence-corrected chi connectivity index (χ3v) is 2.68. The standard InChI is InChI=1S/C10H17NO2/c1-8(13)5-10(11-7-12)6-9-3-2-4-9/h7,9-10H,2-6H2,1H3,(H,11,12). The average molecular weight is 183 g/mol. The first-order valence-electron chi connectivity index (χ1n) is 4.91. The number of hydrogen-bond acceptors (Lipinski definition) is 2. The third-order valence-electron chi connectivity index (χ3n) is 2.68. The van der Waals surface area contributed by atoms with Crippen LogP contribution in [0.3, 0.4) is 0 Å². The molecule has 1 fully saturated rings. The molecule has 1 N–H and O–H groups in total. The predicted molar refractivity (Wildman–Crippen MR) is 50.2 cm³/mol. The summed E-state index contributed by atoms with van der Waals surface area (Å²) in [5.41, 5.74) is 0. The van der Waals surface area contributed by atoms with Gasteiger partial charge in [0.05, 0.1) is 0 Å². The number of rotatable bonds is 6. The van der Waals surface area contributed by atoms with Gasteiger partial charge in [0.15, 0.2) is 0 Å².